The summed E-state index contributed by atoms with van der Waals surface area (Å²) >= 11 is 0. The van der Waals surface area contributed by atoms with Gasteiger partial charge in [0.15, 0.2) is 5.60 Å². The van der Waals surface area contributed by atoms with Crippen LogP contribution in [0.2, 0.25) is 0 Å². The number of alkyl halides is 6. The minimum atomic E-state index is -5.49. The van der Waals surface area contributed by atoms with Crippen LogP contribution >= 0.6 is 0 Å². The summed E-state index contributed by atoms with van der Waals surface area (Å²) in [7, 11) is 0. The molecule has 2 saturated carbocycles. The normalized spacial score (nSPS) is 42.7. The second-order valence-electron chi connectivity index (χ2n) is 6.28. The van der Waals surface area contributed by atoms with E-state index in [1.807, 2.05) is 0 Å². The van der Waals surface area contributed by atoms with Gasteiger partial charge in [-0.2, -0.15) is 17.6 Å². The number of halogens is 8. The molecule has 0 saturated heterocycles. The molecule has 26 heavy (non-hydrogen) atoms. The predicted octanol–water partition coefficient (Wildman–Crippen LogP) is 1.32. The summed E-state index contributed by atoms with van der Waals surface area (Å²) in [5, 5.41) is 29.1. The van der Waals surface area contributed by atoms with Gasteiger partial charge in [-0.25, -0.2) is 13.6 Å². The minimum absolute atomic E-state index is 0. The van der Waals surface area contributed by atoms with E-state index in [0.717, 1.165) is 0 Å². The van der Waals surface area contributed by atoms with Crippen molar-refractivity contribution in [1.82, 2.24) is 0 Å². The maximum atomic E-state index is 14.6. The molecule has 0 amide bonds. The molecule has 2 aliphatic rings. The standard InChI is InChI=1S/C13H14F6O5.2FH/c1-2-7(20)24-9-3-8(21,6-14)4-10(22,12(9,16)17)13(18,19)11(15,23)5-9;;/h2,21-23H,1,3-6H2;2*1H. The van der Waals surface area contributed by atoms with Crippen molar-refractivity contribution in [3.05, 3.63) is 12.7 Å². The molecule has 0 spiro atoms. The summed E-state index contributed by atoms with van der Waals surface area (Å²) in [6, 6.07) is 0. The molecule has 0 aliphatic heterocycles. The first-order chi connectivity index (χ1) is 10.6. The Balaban J connectivity index is 0.00000312. The lowest BCUT2D eigenvalue weighted by Gasteiger charge is -2.62. The summed E-state index contributed by atoms with van der Waals surface area (Å²) in [6.07, 6.45) is -5.36. The highest BCUT2D eigenvalue weighted by molar-refractivity contribution is 5.81. The lowest BCUT2D eigenvalue weighted by molar-refractivity contribution is -0.456. The molecule has 4 unspecified atom stereocenters. The summed E-state index contributed by atoms with van der Waals surface area (Å²) in [5.74, 6) is -16.8. The first kappa shape index (κ1) is 24.5. The quantitative estimate of drug-likeness (QED) is 0.375. The third-order valence-corrected chi connectivity index (χ3v) is 4.52. The van der Waals surface area contributed by atoms with Gasteiger partial charge in [-0.3, -0.25) is 9.41 Å². The number of fused-ring (bicyclic) bond motifs is 2. The van der Waals surface area contributed by atoms with Crippen LogP contribution in [0.4, 0.5) is 35.8 Å². The molecule has 3 N–H and O–H groups in total. The lowest BCUT2D eigenvalue weighted by Crippen LogP contribution is -2.85. The van der Waals surface area contributed by atoms with Crippen molar-refractivity contribution in [3.8, 4) is 0 Å². The van der Waals surface area contributed by atoms with Crippen LogP contribution in [0.3, 0.4) is 0 Å². The van der Waals surface area contributed by atoms with Crippen LogP contribution in [0.15, 0.2) is 12.7 Å². The smallest absolute Gasteiger partial charge is 0.339 e. The Hall–Kier alpha value is -1.47. The molecule has 154 valence electrons. The molecule has 2 fully saturated rings. The molecule has 0 aromatic heterocycles. The Morgan fingerprint density at radius 2 is 1.50 bits per heavy atom. The Morgan fingerprint density at radius 3 is 1.92 bits per heavy atom. The van der Waals surface area contributed by atoms with Crippen molar-refractivity contribution >= 4 is 5.97 Å². The van der Waals surface area contributed by atoms with E-state index in [1.54, 1.807) is 0 Å². The zero-order valence-electron chi connectivity index (χ0n) is 12.9. The molecule has 0 aromatic rings. The fraction of sp³-hybridized carbons (Fsp3) is 0.769. The number of ether oxygens (including phenoxy) is 1. The van der Waals surface area contributed by atoms with Crippen LogP contribution in [-0.4, -0.2) is 62.5 Å². The zero-order chi connectivity index (χ0) is 18.8. The van der Waals surface area contributed by atoms with Crippen LogP contribution in [0.25, 0.3) is 0 Å². The van der Waals surface area contributed by atoms with Crippen molar-refractivity contribution in [2.75, 3.05) is 6.67 Å². The summed E-state index contributed by atoms with van der Waals surface area (Å²) in [6.45, 7) is 1.03. The van der Waals surface area contributed by atoms with Gasteiger partial charge in [-0.05, 0) is 0 Å². The van der Waals surface area contributed by atoms with Gasteiger partial charge in [0.1, 0.15) is 12.3 Å². The Labute approximate surface area is 141 Å². The van der Waals surface area contributed by atoms with Crippen LogP contribution < -0.4 is 0 Å². The van der Waals surface area contributed by atoms with Crippen LogP contribution in [0.1, 0.15) is 19.3 Å². The van der Waals surface area contributed by atoms with Gasteiger partial charge < -0.3 is 20.1 Å². The molecule has 0 heterocycles. The second kappa shape index (κ2) is 6.30. The Bertz CT molecular complexity index is 585. The van der Waals surface area contributed by atoms with E-state index in [9.17, 15) is 46.5 Å². The molecule has 2 rings (SSSR count). The average molecular weight is 404 g/mol. The van der Waals surface area contributed by atoms with Crippen LogP contribution in [0.5, 0.6) is 0 Å². The average Bonchev–Trinajstić information content (AvgIpc) is 2.43. The number of esters is 1. The van der Waals surface area contributed by atoms with Gasteiger partial charge in [0.2, 0.25) is 5.60 Å². The van der Waals surface area contributed by atoms with Gasteiger partial charge >= 0.3 is 17.8 Å². The van der Waals surface area contributed by atoms with E-state index in [4.69, 9.17) is 0 Å². The van der Waals surface area contributed by atoms with Gasteiger partial charge in [0.05, 0.1) is 6.42 Å². The summed E-state index contributed by atoms with van der Waals surface area (Å²) < 4.78 is 88.7. The van der Waals surface area contributed by atoms with Gasteiger partial charge in [-0.1, -0.05) is 6.58 Å². The fourth-order valence-corrected chi connectivity index (χ4v) is 3.42. The third kappa shape index (κ3) is 2.67. The second-order valence-corrected chi connectivity index (χ2v) is 6.28. The molecular formula is C13H16F8O5. The van der Waals surface area contributed by atoms with Crippen LogP contribution in [-0.2, 0) is 9.53 Å². The summed E-state index contributed by atoms with van der Waals surface area (Å²) in [4.78, 5) is 11.3. The first-order valence-corrected chi connectivity index (χ1v) is 6.67. The topological polar surface area (TPSA) is 87.0 Å². The molecule has 2 bridgehead atoms. The lowest BCUT2D eigenvalue weighted by atomic mass is 9.55. The van der Waals surface area contributed by atoms with E-state index in [2.05, 4.69) is 11.3 Å². The van der Waals surface area contributed by atoms with E-state index >= 15 is 0 Å². The highest BCUT2D eigenvalue weighted by Crippen LogP contribution is 2.67. The number of rotatable bonds is 3. The predicted molar refractivity (Wildman–Crippen MR) is 69.7 cm³/mol. The van der Waals surface area contributed by atoms with Crippen LogP contribution in [0, 0.1) is 0 Å². The van der Waals surface area contributed by atoms with E-state index in [1.165, 1.54) is 0 Å². The molecule has 5 nitrogen and oxygen atoms in total. The van der Waals surface area contributed by atoms with Crippen molar-refractivity contribution < 1.29 is 60.6 Å². The maximum Gasteiger partial charge on any atom is 0.339 e. The van der Waals surface area contributed by atoms with Gasteiger partial charge in [0.25, 0.3) is 5.85 Å². The minimum Gasteiger partial charge on any atom is -0.449 e. The number of aliphatic hydroxyl groups is 3. The highest BCUT2D eigenvalue weighted by Gasteiger charge is 2.90. The molecule has 0 aromatic carbocycles. The highest BCUT2D eigenvalue weighted by atomic mass is 19.3. The van der Waals surface area contributed by atoms with Crippen molar-refractivity contribution in [1.29, 1.82) is 0 Å². The van der Waals surface area contributed by atoms with E-state index in [-0.39, 0.29) is 9.41 Å². The molecule has 13 heteroatoms. The van der Waals surface area contributed by atoms with Gasteiger partial charge in [0, 0.05) is 18.9 Å². The Morgan fingerprint density at radius 1 is 1.00 bits per heavy atom. The Kier molecular flexibility index (Phi) is 5.95. The summed E-state index contributed by atoms with van der Waals surface area (Å²) in [5.41, 5.74) is -11.3. The number of carbonyl (C=O) groups is 1. The van der Waals surface area contributed by atoms with E-state index in [0.29, 0.717) is 6.08 Å². The molecule has 2 aliphatic carbocycles. The fourth-order valence-electron chi connectivity index (χ4n) is 3.42. The number of carbonyl (C=O) groups excluding carboxylic acids is 1. The van der Waals surface area contributed by atoms with Crippen molar-refractivity contribution in [3.63, 3.8) is 0 Å². The zero-order valence-corrected chi connectivity index (χ0v) is 12.9. The van der Waals surface area contributed by atoms with Crippen molar-refractivity contribution in [2.45, 2.75) is 53.8 Å². The number of hydrogen-bond acceptors (Lipinski definition) is 5. The monoisotopic (exact) mass is 404 g/mol. The number of hydrogen-bond donors (Lipinski definition) is 3. The SMILES string of the molecule is C=CC(=O)OC12CC(O)(CF)CC(O)(C(F)(F)C(O)(F)C1)C2(F)F.F.F. The maximum absolute atomic E-state index is 14.6. The third-order valence-electron chi connectivity index (χ3n) is 4.52. The molecule has 0 radical (unpaired) electrons. The molecule has 4 atom stereocenters. The van der Waals surface area contributed by atoms with Gasteiger partial charge in [-0.15, -0.1) is 0 Å². The largest absolute Gasteiger partial charge is 0.449 e. The van der Waals surface area contributed by atoms with E-state index < -0.39 is 66.4 Å². The molecular weight excluding hydrogens is 388 g/mol. The first-order valence-electron chi connectivity index (χ1n) is 6.67. The van der Waals surface area contributed by atoms with Crippen molar-refractivity contribution in [2.24, 2.45) is 0 Å².